The number of halogens is 3. The van der Waals surface area contributed by atoms with Gasteiger partial charge in [0.25, 0.3) is 0 Å². The maximum absolute atomic E-state index is 12.8. The Morgan fingerprint density at radius 1 is 1.19 bits per heavy atom. The van der Waals surface area contributed by atoms with Gasteiger partial charge in [0.1, 0.15) is 11.4 Å². The number of nitrogens with zero attached hydrogens (tertiary/aromatic N) is 2. The van der Waals surface area contributed by atoms with E-state index in [1.807, 2.05) is 36.7 Å². The van der Waals surface area contributed by atoms with Crippen LogP contribution in [0.25, 0.3) is 11.0 Å². The number of fused-ring (bicyclic) bond motifs is 1. The number of thioether (sulfide) groups is 1. The number of hydrogen-bond acceptors (Lipinski definition) is 4. The van der Waals surface area contributed by atoms with E-state index in [9.17, 15) is 13.2 Å². The summed E-state index contributed by atoms with van der Waals surface area (Å²) in [4.78, 5) is 5.40. The number of ether oxygens (including phenoxy) is 1. The molecule has 0 saturated carbocycles. The van der Waals surface area contributed by atoms with Crippen LogP contribution in [0.2, 0.25) is 0 Å². The molecule has 0 atom stereocenters. The molecule has 0 aliphatic heterocycles. The Balaban J connectivity index is 0.00000176. The van der Waals surface area contributed by atoms with Crippen LogP contribution in [-0.2, 0) is 12.7 Å². The third-order valence-corrected chi connectivity index (χ3v) is 5.50. The van der Waals surface area contributed by atoms with Crippen LogP contribution in [0, 0.1) is 5.41 Å². The van der Waals surface area contributed by atoms with Crippen LogP contribution in [0.3, 0.4) is 0 Å². The number of alkyl halides is 3. The molecule has 0 saturated heterocycles. The minimum Gasteiger partial charge on any atom is -0.495 e. The molecule has 2 aromatic heterocycles. The molecule has 0 aliphatic rings. The molecule has 0 aliphatic carbocycles. The highest BCUT2D eigenvalue weighted by atomic mass is 32.2. The summed E-state index contributed by atoms with van der Waals surface area (Å²) in [5.74, 6) is 0.681. The van der Waals surface area contributed by atoms with Crippen LogP contribution in [-0.4, -0.2) is 21.7 Å². The van der Waals surface area contributed by atoms with E-state index in [2.05, 4.69) is 18.0 Å². The Bertz CT molecular complexity index is 1060. The number of hydrogen-bond donors (Lipinski definition) is 1. The SMILES string of the molecule is CC.CCC/C=C(\Cn1ccc2cc(OC)cnc21)SC(=N)c1ccc(C(F)(F)F)cc1. The van der Waals surface area contributed by atoms with Gasteiger partial charge in [-0.3, -0.25) is 5.41 Å². The normalized spacial score (nSPS) is 11.8. The van der Waals surface area contributed by atoms with Gasteiger partial charge in [0.05, 0.1) is 30.5 Å². The zero-order valence-corrected chi connectivity index (χ0v) is 19.5. The van der Waals surface area contributed by atoms with E-state index in [4.69, 9.17) is 10.1 Å². The third-order valence-electron chi connectivity index (χ3n) is 4.51. The van der Waals surface area contributed by atoms with Crippen LogP contribution in [0.15, 0.2) is 59.8 Å². The van der Waals surface area contributed by atoms with E-state index in [0.717, 1.165) is 40.9 Å². The highest BCUT2D eigenvalue weighted by Gasteiger charge is 2.30. The van der Waals surface area contributed by atoms with Gasteiger partial charge < -0.3 is 9.30 Å². The van der Waals surface area contributed by atoms with Crippen molar-refractivity contribution in [1.29, 1.82) is 5.41 Å². The average molecular weight is 464 g/mol. The van der Waals surface area contributed by atoms with Crippen LogP contribution in [0.4, 0.5) is 13.2 Å². The fourth-order valence-corrected chi connectivity index (χ4v) is 3.83. The molecule has 0 spiro atoms. The minimum atomic E-state index is -4.38. The number of allylic oxidation sites excluding steroid dienone is 2. The molecule has 8 heteroatoms. The van der Waals surface area contributed by atoms with E-state index in [1.165, 1.54) is 23.9 Å². The van der Waals surface area contributed by atoms with E-state index in [1.54, 1.807) is 13.3 Å². The highest BCUT2D eigenvalue weighted by Crippen LogP contribution is 2.31. The molecule has 2 heterocycles. The topological polar surface area (TPSA) is 50.9 Å². The van der Waals surface area contributed by atoms with Crippen molar-refractivity contribution in [3.63, 3.8) is 0 Å². The van der Waals surface area contributed by atoms with Crippen molar-refractivity contribution in [2.24, 2.45) is 0 Å². The van der Waals surface area contributed by atoms with Crippen LogP contribution >= 0.6 is 11.8 Å². The summed E-state index contributed by atoms with van der Waals surface area (Å²) in [6, 6.07) is 8.57. The summed E-state index contributed by atoms with van der Waals surface area (Å²) in [7, 11) is 1.59. The van der Waals surface area contributed by atoms with Crippen LogP contribution in [0.1, 0.15) is 44.7 Å². The second kappa shape index (κ2) is 11.8. The summed E-state index contributed by atoms with van der Waals surface area (Å²) in [5, 5.41) is 9.52. The van der Waals surface area contributed by atoms with E-state index < -0.39 is 11.7 Å². The zero-order valence-electron chi connectivity index (χ0n) is 18.7. The first-order valence-electron chi connectivity index (χ1n) is 10.4. The summed E-state index contributed by atoms with van der Waals surface area (Å²) < 4.78 is 45.5. The number of aromatic nitrogens is 2. The summed E-state index contributed by atoms with van der Waals surface area (Å²) in [6.45, 7) is 6.59. The minimum absolute atomic E-state index is 0.206. The van der Waals surface area contributed by atoms with Crippen molar-refractivity contribution in [2.45, 2.75) is 46.3 Å². The Morgan fingerprint density at radius 2 is 1.88 bits per heavy atom. The molecule has 0 radical (unpaired) electrons. The average Bonchev–Trinajstić information content (AvgIpc) is 3.20. The number of rotatable bonds is 7. The molecule has 3 aromatic rings. The molecule has 3 rings (SSSR count). The van der Waals surface area contributed by atoms with E-state index in [0.29, 0.717) is 17.9 Å². The molecule has 1 N–H and O–H groups in total. The first kappa shape index (κ1) is 25.5. The first-order chi connectivity index (χ1) is 15.3. The van der Waals surface area contributed by atoms with Gasteiger partial charge in [0.15, 0.2) is 0 Å². The Hall–Kier alpha value is -2.74. The van der Waals surface area contributed by atoms with Gasteiger partial charge in [0, 0.05) is 22.1 Å². The molecule has 1 aromatic carbocycles. The predicted octanol–water partition coefficient (Wildman–Crippen LogP) is 7.53. The molecule has 0 fully saturated rings. The van der Waals surface area contributed by atoms with Gasteiger partial charge >= 0.3 is 6.18 Å². The summed E-state index contributed by atoms with van der Waals surface area (Å²) >= 11 is 1.26. The molecule has 0 unspecified atom stereocenters. The molecular weight excluding hydrogens is 435 g/mol. The van der Waals surface area contributed by atoms with Crippen molar-refractivity contribution >= 4 is 27.8 Å². The van der Waals surface area contributed by atoms with Crippen LogP contribution < -0.4 is 4.74 Å². The number of benzene rings is 1. The lowest BCUT2D eigenvalue weighted by molar-refractivity contribution is -0.137. The fraction of sp³-hybridized carbons (Fsp3) is 0.333. The predicted molar refractivity (Wildman–Crippen MR) is 126 cm³/mol. The van der Waals surface area contributed by atoms with Gasteiger partial charge in [-0.15, -0.1) is 0 Å². The van der Waals surface area contributed by atoms with Crippen molar-refractivity contribution in [1.82, 2.24) is 9.55 Å². The standard InChI is InChI=1S/C22H22F3N3OS.C2H6/c1-3-4-5-19(14-28-11-10-16-12-18(29-2)13-27-21(16)28)30-20(26)15-6-8-17(9-7-15)22(23,24)25;1-2/h5-13,26H,3-4,14H2,1-2H3;1-2H3/b19-5+,26-20?;. The van der Waals surface area contributed by atoms with E-state index in [-0.39, 0.29) is 5.04 Å². The molecular formula is C24H28F3N3OS. The van der Waals surface area contributed by atoms with E-state index >= 15 is 0 Å². The van der Waals surface area contributed by atoms with Crippen molar-refractivity contribution in [3.05, 3.63) is 70.9 Å². The van der Waals surface area contributed by atoms with Gasteiger partial charge in [-0.05, 0) is 30.7 Å². The third kappa shape index (κ3) is 6.63. The smallest absolute Gasteiger partial charge is 0.416 e. The number of methoxy groups -OCH3 is 1. The lowest BCUT2D eigenvalue weighted by atomic mass is 10.1. The van der Waals surface area contributed by atoms with Gasteiger partial charge in [-0.25, -0.2) is 4.98 Å². The molecule has 4 nitrogen and oxygen atoms in total. The lowest BCUT2D eigenvalue weighted by Crippen LogP contribution is -2.06. The monoisotopic (exact) mass is 463 g/mol. The molecule has 0 amide bonds. The van der Waals surface area contributed by atoms with Gasteiger partial charge in [-0.2, -0.15) is 13.2 Å². The molecule has 0 bridgehead atoms. The first-order valence-corrected chi connectivity index (χ1v) is 11.3. The Morgan fingerprint density at radius 3 is 2.47 bits per heavy atom. The Kier molecular flexibility index (Phi) is 9.38. The summed E-state index contributed by atoms with van der Waals surface area (Å²) in [5.41, 5.74) is 0.543. The second-order valence-electron chi connectivity index (χ2n) is 6.70. The maximum atomic E-state index is 12.8. The van der Waals surface area contributed by atoms with Crippen LogP contribution in [0.5, 0.6) is 5.75 Å². The quantitative estimate of drug-likeness (QED) is 0.291. The fourth-order valence-electron chi connectivity index (χ4n) is 2.91. The largest absolute Gasteiger partial charge is 0.495 e. The van der Waals surface area contributed by atoms with Crippen molar-refractivity contribution in [2.75, 3.05) is 7.11 Å². The van der Waals surface area contributed by atoms with Crippen molar-refractivity contribution in [3.8, 4) is 5.75 Å². The zero-order chi connectivity index (χ0) is 23.7. The maximum Gasteiger partial charge on any atom is 0.416 e. The number of nitrogens with one attached hydrogen (secondary N) is 1. The summed E-state index contributed by atoms with van der Waals surface area (Å²) in [6.07, 6.45) is 3.08. The van der Waals surface area contributed by atoms with Gasteiger partial charge in [0.2, 0.25) is 0 Å². The van der Waals surface area contributed by atoms with Gasteiger partial charge in [-0.1, -0.05) is 57.2 Å². The van der Waals surface area contributed by atoms with Crippen molar-refractivity contribution < 1.29 is 17.9 Å². The number of unbranched alkanes of at least 4 members (excludes halogenated alkanes) is 1. The molecule has 32 heavy (non-hydrogen) atoms. The lowest BCUT2D eigenvalue weighted by Gasteiger charge is -2.12. The number of pyridine rings is 1. The molecule has 172 valence electrons. The Labute approximate surface area is 191 Å². The highest BCUT2D eigenvalue weighted by molar-refractivity contribution is 8.17. The second-order valence-corrected chi connectivity index (χ2v) is 7.83.